The fourth-order valence-electron chi connectivity index (χ4n) is 0.913. The number of rotatable bonds is 5. The van der Waals surface area contributed by atoms with Gasteiger partial charge in [-0.05, 0) is 32.1 Å². The molecule has 0 amide bonds. The summed E-state index contributed by atoms with van der Waals surface area (Å²) in [5.41, 5.74) is 5.50. The Balaban J connectivity index is 1.95. The molecule has 2 N–H and O–H groups in total. The van der Waals surface area contributed by atoms with E-state index in [9.17, 15) is 4.79 Å². The molecular weight excluding hydrogens is 154 g/mol. The highest BCUT2D eigenvalue weighted by molar-refractivity contribution is 5.69. The summed E-state index contributed by atoms with van der Waals surface area (Å²) < 4.78 is 5.02. The first-order chi connectivity index (χ1) is 5.68. The first kappa shape index (κ1) is 9.52. The molecule has 12 heavy (non-hydrogen) atoms. The molecule has 0 aliphatic heterocycles. The molecule has 3 heteroatoms. The van der Waals surface area contributed by atoms with Crippen LogP contribution < -0.4 is 5.73 Å². The Morgan fingerprint density at radius 1 is 1.67 bits per heavy atom. The quantitative estimate of drug-likeness (QED) is 0.629. The van der Waals surface area contributed by atoms with Gasteiger partial charge in [-0.3, -0.25) is 4.79 Å². The molecule has 1 aliphatic rings. The highest BCUT2D eigenvalue weighted by Crippen LogP contribution is 2.28. The van der Waals surface area contributed by atoms with Crippen LogP contribution in [-0.4, -0.2) is 18.6 Å². The minimum Gasteiger partial charge on any atom is -0.465 e. The minimum absolute atomic E-state index is 0.0958. The summed E-state index contributed by atoms with van der Waals surface area (Å²) in [6, 6.07) is 0.0958. The van der Waals surface area contributed by atoms with Gasteiger partial charge in [-0.15, -0.1) is 0 Å². The third kappa shape index (κ3) is 4.34. The molecule has 1 aliphatic carbocycles. The van der Waals surface area contributed by atoms with Crippen molar-refractivity contribution in [1.82, 2.24) is 0 Å². The number of carbonyl (C=O) groups excluding carboxylic acids is 1. The molecule has 0 spiro atoms. The molecule has 1 unspecified atom stereocenters. The Hall–Kier alpha value is -0.570. The normalized spacial score (nSPS) is 18.8. The van der Waals surface area contributed by atoms with E-state index in [-0.39, 0.29) is 12.0 Å². The number of hydrogen-bond donors (Lipinski definition) is 1. The predicted molar refractivity (Wildman–Crippen MR) is 46.6 cm³/mol. The highest BCUT2D eigenvalue weighted by Gasteiger charge is 2.22. The van der Waals surface area contributed by atoms with Crippen LogP contribution in [0.1, 0.15) is 32.6 Å². The van der Waals surface area contributed by atoms with Crippen LogP contribution in [0.15, 0.2) is 0 Å². The minimum atomic E-state index is -0.0980. The molecule has 1 rings (SSSR count). The second-order valence-electron chi connectivity index (χ2n) is 3.64. The van der Waals surface area contributed by atoms with E-state index in [2.05, 4.69) is 0 Å². The van der Waals surface area contributed by atoms with Crippen LogP contribution in [0.5, 0.6) is 0 Å². The smallest absolute Gasteiger partial charge is 0.305 e. The average molecular weight is 171 g/mol. The summed E-state index contributed by atoms with van der Waals surface area (Å²) in [5.74, 6) is 0.559. The predicted octanol–water partition coefficient (Wildman–Crippen LogP) is 1.07. The van der Waals surface area contributed by atoms with E-state index in [1.54, 1.807) is 0 Å². The zero-order chi connectivity index (χ0) is 8.97. The average Bonchev–Trinajstić information content (AvgIpc) is 2.80. The Bertz CT molecular complexity index is 145. The van der Waals surface area contributed by atoms with E-state index in [0.29, 0.717) is 18.9 Å². The van der Waals surface area contributed by atoms with Gasteiger partial charge in [-0.1, -0.05) is 0 Å². The van der Waals surface area contributed by atoms with Crippen LogP contribution in [0.4, 0.5) is 0 Å². The number of hydrogen-bond acceptors (Lipinski definition) is 3. The van der Waals surface area contributed by atoms with Crippen molar-refractivity contribution in [2.45, 2.75) is 38.6 Å². The van der Waals surface area contributed by atoms with Crippen LogP contribution in [-0.2, 0) is 9.53 Å². The third-order valence-electron chi connectivity index (χ3n) is 1.98. The highest BCUT2D eigenvalue weighted by atomic mass is 16.5. The molecule has 1 atom stereocenters. The summed E-state index contributed by atoms with van der Waals surface area (Å²) in [4.78, 5) is 11.0. The lowest BCUT2D eigenvalue weighted by atomic mass is 10.2. The van der Waals surface area contributed by atoms with Gasteiger partial charge < -0.3 is 10.5 Å². The molecule has 0 bridgehead atoms. The van der Waals surface area contributed by atoms with Gasteiger partial charge in [0.1, 0.15) is 0 Å². The number of ether oxygens (including phenoxy) is 1. The number of nitrogens with two attached hydrogens (primary N) is 1. The largest absolute Gasteiger partial charge is 0.465 e. The maximum atomic E-state index is 11.0. The van der Waals surface area contributed by atoms with Crippen molar-refractivity contribution >= 4 is 5.97 Å². The van der Waals surface area contributed by atoms with Gasteiger partial charge in [-0.25, -0.2) is 0 Å². The first-order valence-electron chi connectivity index (χ1n) is 4.59. The van der Waals surface area contributed by atoms with E-state index in [1.165, 1.54) is 12.8 Å². The molecule has 0 saturated heterocycles. The van der Waals surface area contributed by atoms with Crippen molar-refractivity contribution in [2.24, 2.45) is 11.7 Å². The second kappa shape index (κ2) is 4.45. The molecule has 1 fully saturated rings. The Labute approximate surface area is 73.3 Å². The molecule has 0 aromatic rings. The molecule has 0 aromatic carbocycles. The van der Waals surface area contributed by atoms with Gasteiger partial charge in [0.2, 0.25) is 0 Å². The van der Waals surface area contributed by atoms with E-state index in [1.807, 2.05) is 6.92 Å². The summed E-state index contributed by atoms with van der Waals surface area (Å²) >= 11 is 0. The Morgan fingerprint density at radius 2 is 2.33 bits per heavy atom. The van der Waals surface area contributed by atoms with Crippen molar-refractivity contribution in [2.75, 3.05) is 6.61 Å². The Morgan fingerprint density at radius 3 is 2.83 bits per heavy atom. The van der Waals surface area contributed by atoms with Crippen LogP contribution in [0.3, 0.4) is 0 Å². The lowest BCUT2D eigenvalue weighted by Gasteiger charge is -2.05. The fraction of sp³-hybridized carbons (Fsp3) is 0.889. The molecular formula is C9H17NO2. The lowest BCUT2D eigenvalue weighted by Crippen LogP contribution is -2.17. The monoisotopic (exact) mass is 171 g/mol. The van der Waals surface area contributed by atoms with Crippen LogP contribution in [0.2, 0.25) is 0 Å². The van der Waals surface area contributed by atoms with E-state index in [4.69, 9.17) is 10.5 Å². The van der Waals surface area contributed by atoms with Crippen LogP contribution in [0.25, 0.3) is 0 Å². The van der Waals surface area contributed by atoms with Crippen LogP contribution in [0, 0.1) is 5.92 Å². The van der Waals surface area contributed by atoms with Gasteiger partial charge in [0.25, 0.3) is 0 Å². The van der Waals surface area contributed by atoms with Crippen LogP contribution >= 0.6 is 0 Å². The molecule has 70 valence electrons. The lowest BCUT2D eigenvalue weighted by molar-refractivity contribution is -0.144. The molecule has 0 aromatic heterocycles. The SMILES string of the molecule is CC(N)CCC(=O)OCC1CC1. The summed E-state index contributed by atoms with van der Waals surface area (Å²) in [7, 11) is 0. The molecule has 0 radical (unpaired) electrons. The van der Waals surface area contributed by atoms with Crippen molar-refractivity contribution in [1.29, 1.82) is 0 Å². The molecule has 3 nitrogen and oxygen atoms in total. The first-order valence-corrected chi connectivity index (χ1v) is 4.59. The van der Waals surface area contributed by atoms with Crippen molar-refractivity contribution in [3.63, 3.8) is 0 Å². The van der Waals surface area contributed by atoms with Gasteiger partial charge in [0.05, 0.1) is 6.61 Å². The van der Waals surface area contributed by atoms with Gasteiger partial charge in [0, 0.05) is 12.5 Å². The van der Waals surface area contributed by atoms with Crippen molar-refractivity contribution in [3.05, 3.63) is 0 Å². The third-order valence-corrected chi connectivity index (χ3v) is 1.98. The Kier molecular flexibility index (Phi) is 3.53. The van der Waals surface area contributed by atoms with Crippen molar-refractivity contribution < 1.29 is 9.53 Å². The maximum Gasteiger partial charge on any atom is 0.305 e. The summed E-state index contributed by atoms with van der Waals surface area (Å²) in [6.45, 7) is 2.52. The molecule has 1 saturated carbocycles. The topological polar surface area (TPSA) is 52.3 Å². The maximum absolute atomic E-state index is 11.0. The van der Waals surface area contributed by atoms with E-state index < -0.39 is 0 Å². The number of carbonyl (C=O) groups is 1. The van der Waals surface area contributed by atoms with E-state index in [0.717, 1.165) is 6.42 Å². The standard InChI is InChI=1S/C9H17NO2/c1-7(10)2-5-9(11)12-6-8-3-4-8/h7-8H,2-6,10H2,1H3. The van der Waals surface area contributed by atoms with Gasteiger partial charge in [-0.2, -0.15) is 0 Å². The zero-order valence-electron chi connectivity index (χ0n) is 7.58. The summed E-state index contributed by atoms with van der Waals surface area (Å²) in [6.07, 6.45) is 3.63. The number of esters is 1. The molecule has 0 heterocycles. The zero-order valence-corrected chi connectivity index (χ0v) is 7.58. The fourth-order valence-corrected chi connectivity index (χ4v) is 0.913. The summed E-state index contributed by atoms with van der Waals surface area (Å²) in [5, 5.41) is 0. The van der Waals surface area contributed by atoms with Gasteiger partial charge >= 0.3 is 5.97 Å². The van der Waals surface area contributed by atoms with Gasteiger partial charge in [0.15, 0.2) is 0 Å². The second-order valence-corrected chi connectivity index (χ2v) is 3.64. The van der Waals surface area contributed by atoms with Crippen molar-refractivity contribution in [3.8, 4) is 0 Å². The van der Waals surface area contributed by atoms with E-state index >= 15 is 0 Å².